The van der Waals surface area contributed by atoms with Gasteiger partial charge < -0.3 is 9.74 Å². The van der Waals surface area contributed by atoms with Gasteiger partial charge in [0, 0.05) is 52.3 Å². The molecule has 2 aliphatic heterocycles. The normalized spacial score (nSPS) is 25.9. The number of nitrogens with zero attached hydrogens (tertiary/aromatic N) is 3. The Bertz CT molecular complexity index is 509. The molecule has 1 fully saturated rings. The van der Waals surface area contributed by atoms with Crippen molar-refractivity contribution in [2.24, 2.45) is 5.16 Å². The van der Waals surface area contributed by atoms with Gasteiger partial charge in [0.15, 0.2) is 5.60 Å². The zero-order chi connectivity index (χ0) is 14.2. The highest BCUT2D eigenvalue weighted by molar-refractivity contribution is 5.83. The van der Waals surface area contributed by atoms with Crippen LogP contribution in [0.4, 0.5) is 5.69 Å². The molecule has 1 aromatic rings. The molecule has 0 saturated carbocycles. The average Bonchev–Trinajstić information content (AvgIpc) is 2.97. The largest absolute Gasteiger partial charge is 0.387 e. The molecule has 2 heterocycles. The van der Waals surface area contributed by atoms with Crippen molar-refractivity contribution in [2.45, 2.75) is 31.9 Å². The molecule has 4 heteroatoms. The monoisotopic (exact) mass is 273 g/mol. The van der Waals surface area contributed by atoms with Crippen molar-refractivity contribution in [3.8, 4) is 0 Å². The van der Waals surface area contributed by atoms with Crippen LogP contribution in [0.15, 0.2) is 29.4 Å². The predicted octanol–water partition coefficient (Wildman–Crippen LogP) is 2.49. The van der Waals surface area contributed by atoms with E-state index in [0.29, 0.717) is 0 Å². The Morgan fingerprint density at radius 1 is 1.30 bits per heavy atom. The lowest BCUT2D eigenvalue weighted by atomic mass is 9.97. The molecule has 20 heavy (non-hydrogen) atoms. The highest BCUT2D eigenvalue weighted by atomic mass is 16.7. The molecule has 4 nitrogen and oxygen atoms in total. The Hall–Kier alpha value is -1.55. The summed E-state index contributed by atoms with van der Waals surface area (Å²) in [6, 6.07) is 8.80. The van der Waals surface area contributed by atoms with Gasteiger partial charge in [0.25, 0.3) is 0 Å². The molecule has 0 radical (unpaired) electrons. The third kappa shape index (κ3) is 2.66. The number of hydrogen-bond donors (Lipinski definition) is 0. The number of rotatable bonds is 3. The first-order chi connectivity index (χ1) is 9.56. The van der Waals surface area contributed by atoms with Crippen LogP contribution in [0.3, 0.4) is 0 Å². The molecule has 0 aromatic heterocycles. The van der Waals surface area contributed by atoms with Gasteiger partial charge in [0.2, 0.25) is 0 Å². The average molecular weight is 273 g/mol. The maximum absolute atomic E-state index is 5.67. The number of anilines is 1. The van der Waals surface area contributed by atoms with E-state index in [0.717, 1.165) is 38.2 Å². The fraction of sp³-hybridized carbons (Fsp3) is 0.562. The van der Waals surface area contributed by atoms with Crippen molar-refractivity contribution >= 4 is 11.4 Å². The van der Waals surface area contributed by atoms with E-state index in [9.17, 15) is 0 Å². The Labute approximate surface area is 121 Å². The lowest BCUT2D eigenvalue weighted by Gasteiger charge is -2.22. The molecule has 0 N–H and O–H groups in total. The van der Waals surface area contributed by atoms with E-state index in [1.165, 1.54) is 11.3 Å². The van der Waals surface area contributed by atoms with Crippen LogP contribution < -0.4 is 4.90 Å². The molecular weight excluding hydrogens is 250 g/mol. The molecule has 0 aliphatic carbocycles. The van der Waals surface area contributed by atoms with Gasteiger partial charge >= 0.3 is 0 Å². The van der Waals surface area contributed by atoms with E-state index in [1.54, 1.807) is 0 Å². The van der Waals surface area contributed by atoms with Crippen molar-refractivity contribution in [3.05, 3.63) is 29.8 Å². The van der Waals surface area contributed by atoms with Crippen molar-refractivity contribution in [1.82, 2.24) is 4.90 Å². The summed E-state index contributed by atoms with van der Waals surface area (Å²) in [5.74, 6) is 0. The number of benzene rings is 1. The van der Waals surface area contributed by atoms with Gasteiger partial charge in [-0.15, -0.1) is 0 Å². The van der Waals surface area contributed by atoms with Crippen LogP contribution in [0.2, 0.25) is 0 Å². The molecule has 108 valence electrons. The zero-order valence-electron chi connectivity index (χ0n) is 12.6. The summed E-state index contributed by atoms with van der Waals surface area (Å²) in [5.41, 5.74) is 3.70. The van der Waals surface area contributed by atoms with Gasteiger partial charge in [-0.2, -0.15) is 0 Å². The van der Waals surface area contributed by atoms with E-state index in [1.807, 2.05) is 0 Å². The molecule has 2 aliphatic rings. The third-order valence-corrected chi connectivity index (χ3v) is 4.23. The van der Waals surface area contributed by atoms with Gasteiger partial charge in [-0.05, 0) is 24.6 Å². The van der Waals surface area contributed by atoms with Crippen LogP contribution in [-0.4, -0.2) is 43.4 Å². The number of likely N-dealkylation sites (tertiary alicyclic amines) is 1. The molecule has 1 saturated heterocycles. The minimum Gasteiger partial charge on any atom is -0.387 e. The van der Waals surface area contributed by atoms with Crippen LogP contribution in [0, 0.1) is 0 Å². The second kappa shape index (κ2) is 5.09. The van der Waals surface area contributed by atoms with Crippen LogP contribution in [0.25, 0.3) is 0 Å². The van der Waals surface area contributed by atoms with Crippen molar-refractivity contribution in [1.29, 1.82) is 0 Å². The minimum atomic E-state index is -0.0341. The highest BCUT2D eigenvalue weighted by Gasteiger charge is 2.43. The Balaban J connectivity index is 1.59. The Kier molecular flexibility index (Phi) is 3.42. The molecule has 1 unspecified atom stereocenters. The fourth-order valence-corrected chi connectivity index (χ4v) is 3.14. The van der Waals surface area contributed by atoms with E-state index < -0.39 is 0 Å². The maximum Gasteiger partial charge on any atom is 0.156 e. The molecule has 1 aromatic carbocycles. The SMILES string of the molecule is CC1=NOC2(CCN(Cc3ccc(N(C)C)cc3)C2)C1. The van der Waals surface area contributed by atoms with E-state index >= 15 is 0 Å². The van der Waals surface area contributed by atoms with E-state index in [2.05, 4.69) is 60.2 Å². The van der Waals surface area contributed by atoms with Crippen LogP contribution in [0.1, 0.15) is 25.3 Å². The first kappa shape index (κ1) is 13.4. The second-order valence-corrected chi connectivity index (χ2v) is 6.30. The fourth-order valence-electron chi connectivity index (χ4n) is 3.14. The Morgan fingerprint density at radius 3 is 2.65 bits per heavy atom. The first-order valence-electron chi connectivity index (χ1n) is 7.27. The highest BCUT2D eigenvalue weighted by Crippen LogP contribution is 2.34. The summed E-state index contributed by atoms with van der Waals surface area (Å²) in [7, 11) is 4.14. The smallest absolute Gasteiger partial charge is 0.156 e. The summed E-state index contributed by atoms with van der Waals surface area (Å²) < 4.78 is 0. The van der Waals surface area contributed by atoms with Gasteiger partial charge in [-0.3, -0.25) is 4.90 Å². The van der Waals surface area contributed by atoms with E-state index in [4.69, 9.17) is 4.84 Å². The molecule has 3 rings (SSSR count). The number of oxime groups is 1. The Morgan fingerprint density at radius 2 is 2.05 bits per heavy atom. The lowest BCUT2D eigenvalue weighted by molar-refractivity contribution is -0.0104. The summed E-state index contributed by atoms with van der Waals surface area (Å²) in [6.07, 6.45) is 2.08. The van der Waals surface area contributed by atoms with E-state index in [-0.39, 0.29) is 5.60 Å². The van der Waals surface area contributed by atoms with Crippen molar-refractivity contribution in [2.75, 3.05) is 32.1 Å². The molecular formula is C16H23N3O. The number of hydrogen-bond acceptors (Lipinski definition) is 4. The van der Waals surface area contributed by atoms with Gasteiger partial charge in [0.1, 0.15) is 0 Å². The predicted molar refractivity (Wildman–Crippen MR) is 82.2 cm³/mol. The van der Waals surface area contributed by atoms with Gasteiger partial charge in [-0.25, -0.2) is 0 Å². The van der Waals surface area contributed by atoms with Crippen LogP contribution in [-0.2, 0) is 11.4 Å². The standard InChI is InChI=1S/C16H23N3O/c1-13-10-16(20-17-13)8-9-19(12-16)11-14-4-6-15(7-5-14)18(2)3/h4-7H,8-12H2,1-3H3. The van der Waals surface area contributed by atoms with Crippen LogP contribution in [0.5, 0.6) is 0 Å². The molecule has 1 spiro atoms. The second-order valence-electron chi connectivity index (χ2n) is 6.30. The van der Waals surface area contributed by atoms with Gasteiger partial charge in [0.05, 0.1) is 5.71 Å². The van der Waals surface area contributed by atoms with Crippen molar-refractivity contribution < 1.29 is 4.84 Å². The summed E-state index contributed by atoms with van der Waals surface area (Å²) in [4.78, 5) is 10.3. The molecule has 1 atom stereocenters. The van der Waals surface area contributed by atoms with Crippen LogP contribution >= 0.6 is 0 Å². The maximum atomic E-state index is 5.67. The third-order valence-electron chi connectivity index (χ3n) is 4.23. The summed E-state index contributed by atoms with van der Waals surface area (Å²) >= 11 is 0. The zero-order valence-corrected chi connectivity index (χ0v) is 12.6. The summed E-state index contributed by atoms with van der Waals surface area (Å²) in [6.45, 7) is 5.14. The molecule has 0 amide bonds. The topological polar surface area (TPSA) is 28.1 Å². The van der Waals surface area contributed by atoms with Crippen molar-refractivity contribution in [3.63, 3.8) is 0 Å². The lowest BCUT2D eigenvalue weighted by Crippen LogP contribution is -2.33. The van der Waals surface area contributed by atoms with Gasteiger partial charge in [-0.1, -0.05) is 17.3 Å². The minimum absolute atomic E-state index is 0.0341. The quantitative estimate of drug-likeness (QED) is 0.847. The first-order valence-corrected chi connectivity index (χ1v) is 7.27. The summed E-state index contributed by atoms with van der Waals surface area (Å²) in [5, 5.41) is 4.13. The molecule has 0 bridgehead atoms.